The third-order valence-corrected chi connectivity index (χ3v) is 6.94. The Kier molecular flexibility index (Phi) is 4.85. The minimum atomic E-state index is -0.478. The highest BCUT2D eigenvalue weighted by atomic mass is 16.5. The van der Waals surface area contributed by atoms with Crippen molar-refractivity contribution in [1.29, 1.82) is 5.26 Å². The maximum Gasteiger partial charge on any atom is 0.214 e. The molecular formula is C25H26N8O. The van der Waals surface area contributed by atoms with Crippen LogP contribution in [0.1, 0.15) is 25.7 Å². The number of nitrogen functional groups attached to an aromatic ring is 1. The average molecular weight is 455 g/mol. The molecule has 4 aromatic rings. The molecule has 2 fully saturated rings. The van der Waals surface area contributed by atoms with Gasteiger partial charge in [0.15, 0.2) is 5.65 Å². The highest BCUT2D eigenvalue weighted by Gasteiger charge is 2.36. The van der Waals surface area contributed by atoms with Crippen LogP contribution in [0.15, 0.2) is 36.7 Å². The summed E-state index contributed by atoms with van der Waals surface area (Å²) in [6.07, 6.45) is 5.56. The Morgan fingerprint density at radius 1 is 1.18 bits per heavy atom. The molecule has 0 bridgehead atoms. The number of piperidine rings is 1. The van der Waals surface area contributed by atoms with Gasteiger partial charge in [-0.2, -0.15) is 10.4 Å². The van der Waals surface area contributed by atoms with Gasteiger partial charge in [-0.1, -0.05) is 6.07 Å². The number of nitrogens with two attached hydrogens (primary N) is 1. The van der Waals surface area contributed by atoms with Gasteiger partial charge in [0, 0.05) is 17.0 Å². The molecule has 2 aliphatic rings. The SMILES string of the molecule is CN1CCC(C#N)(Cn2nc(-c3ccc4nc(OC5CC5)ccc4c3)c3c(N)ncnc32)CC1. The van der Waals surface area contributed by atoms with Crippen LogP contribution in [-0.4, -0.2) is 55.9 Å². The lowest BCUT2D eigenvalue weighted by Gasteiger charge is -2.35. The summed E-state index contributed by atoms with van der Waals surface area (Å²) >= 11 is 0. The summed E-state index contributed by atoms with van der Waals surface area (Å²) in [5, 5.41) is 16.7. The summed E-state index contributed by atoms with van der Waals surface area (Å²) in [7, 11) is 2.09. The molecule has 9 heteroatoms. The number of rotatable bonds is 5. The third-order valence-electron chi connectivity index (χ3n) is 6.94. The van der Waals surface area contributed by atoms with Gasteiger partial charge >= 0.3 is 0 Å². The molecule has 34 heavy (non-hydrogen) atoms. The Morgan fingerprint density at radius 2 is 2.00 bits per heavy atom. The summed E-state index contributed by atoms with van der Waals surface area (Å²) in [6, 6.07) is 12.5. The lowest BCUT2D eigenvalue weighted by atomic mass is 9.80. The van der Waals surface area contributed by atoms with Crippen molar-refractivity contribution < 1.29 is 4.74 Å². The molecule has 1 aromatic carbocycles. The molecule has 0 unspecified atom stereocenters. The van der Waals surface area contributed by atoms with Crippen molar-refractivity contribution in [3.05, 3.63) is 36.7 Å². The van der Waals surface area contributed by atoms with E-state index in [-0.39, 0.29) is 0 Å². The first kappa shape index (κ1) is 20.8. The lowest BCUT2D eigenvalue weighted by molar-refractivity contribution is 0.150. The van der Waals surface area contributed by atoms with Crippen LogP contribution in [0.5, 0.6) is 5.88 Å². The van der Waals surface area contributed by atoms with E-state index in [0.29, 0.717) is 41.1 Å². The Balaban J connectivity index is 1.41. The van der Waals surface area contributed by atoms with Crippen LogP contribution >= 0.6 is 0 Å². The van der Waals surface area contributed by atoms with Crippen molar-refractivity contribution in [2.45, 2.75) is 38.3 Å². The standard InChI is InChI=1S/C25H26N8O/c1-32-10-8-25(13-26,9-11-32)14-33-24-21(23(27)28-15-29-24)22(31-33)17-2-6-19-16(12-17)3-7-20(30-19)34-18-4-5-18/h2-3,6-7,12,15,18H,4-5,8-11,14H2,1H3,(H2,27,28,29). The molecule has 0 spiro atoms. The maximum atomic E-state index is 10.1. The molecule has 0 radical (unpaired) electrons. The number of hydrogen-bond acceptors (Lipinski definition) is 8. The maximum absolute atomic E-state index is 10.1. The molecular weight excluding hydrogens is 428 g/mol. The van der Waals surface area contributed by atoms with Crippen molar-refractivity contribution in [2.24, 2.45) is 5.41 Å². The van der Waals surface area contributed by atoms with Gasteiger partial charge in [0.2, 0.25) is 5.88 Å². The first-order valence-electron chi connectivity index (χ1n) is 11.7. The molecule has 1 aliphatic heterocycles. The van der Waals surface area contributed by atoms with Gasteiger partial charge in [0.25, 0.3) is 0 Å². The second-order valence-electron chi connectivity index (χ2n) is 9.53. The average Bonchev–Trinajstić information content (AvgIpc) is 3.60. The normalized spacial score (nSPS) is 18.2. The number of ether oxygens (including phenoxy) is 1. The summed E-state index contributed by atoms with van der Waals surface area (Å²) in [4.78, 5) is 15.6. The van der Waals surface area contributed by atoms with Crippen LogP contribution in [0.2, 0.25) is 0 Å². The van der Waals surface area contributed by atoms with Crippen molar-refractivity contribution in [3.8, 4) is 23.2 Å². The topological polar surface area (TPSA) is 119 Å². The van der Waals surface area contributed by atoms with Gasteiger partial charge < -0.3 is 15.4 Å². The number of pyridine rings is 1. The number of hydrogen-bond donors (Lipinski definition) is 1. The third kappa shape index (κ3) is 3.70. The zero-order valence-corrected chi connectivity index (χ0v) is 19.1. The molecule has 3 aromatic heterocycles. The summed E-state index contributed by atoms with van der Waals surface area (Å²) < 4.78 is 7.67. The first-order chi connectivity index (χ1) is 16.5. The number of nitriles is 1. The van der Waals surface area contributed by atoms with Crippen LogP contribution in [0, 0.1) is 16.7 Å². The molecule has 1 saturated heterocycles. The Hall–Kier alpha value is -3.77. The molecule has 1 saturated carbocycles. The summed E-state index contributed by atoms with van der Waals surface area (Å²) in [6.45, 7) is 2.25. The van der Waals surface area contributed by atoms with Crippen LogP contribution in [0.3, 0.4) is 0 Å². The zero-order valence-electron chi connectivity index (χ0n) is 19.1. The van der Waals surface area contributed by atoms with Gasteiger partial charge in [-0.3, -0.25) is 0 Å². The van der Waals surface area contributed by atoms with E-state index >= 15 is 0 Å². The Labute approximate surface area is 197 Å². The first-order valence-corrected chi connectivity index (χ1v) is 11.7. The zero-order chi connectivity index (χ0) is 23.3. The minimum Gasteiger partial charge on any atom is -0.474 e. The predicted molar refractivity (Wildman–Crippen MR) is 129 cm³/mol. The number of anilines is 1. The number of likely N-dealkylation sites (tertiary alicyclic amines) is 1. The Morgan fingerprint density at radius 3 is 2.76 bits per heavy atom. The van der Waals surface area contributed by atoms with E-state index in [0.717, 1.165) is 55.2 Å². The molecule has 6 rings (SSSR count). The smallest absolute Gasteiger partial charge is 0.214 e. The fraction of sp³-hybridized carbons (Fsp3) is 0.400. The summed E-state index contributed by atoms with van der Waals surface area (Å²) in [5.74, 6) is 1.04. The predicted octanol–water partition coefficient (Wildman–Crippen LogP) is 3.40. The minimum absolute atomic E-state index is 0.309. The van der Waals surface area contributed by atoms with Gasteiger partial charge in [0.05, 0.1) is 28.9 Å². The van der Waals surface area contributed by atoms with Crippen LogP contribution < -0.4 is 10.5 Å². The molecule has 9 nitrogen and oxygen atoms in total. The highest BCUT2D eigenvalue weighted by molar-refractivity contribution is 5.99. The van der Waals surface area contributed by atoms with E-state index in [1.807, 2.05) is 28.9 Å². The molecule has 172 valence electrons. The van der Waals surface area contributed by atoms with Gasteiger partial charge in [-0.25, -0.2) is 19.6 Å². The summed E-state index contributed by atoms with van der Waals surface area (Å²) in [5.41, 5.74) is 8.97. The number of nitrogens with zero attached hydrogens (tertiary/aromatic N) is 7. The monoisotopic (exact) mass is 454 g/mol. The van der Waals surface area contributed by atoms with E-state index in [1.54, 1.807) is 0 Å². The molecule has 0 atom stereocenters. The molecule has 2 N–H and O–H groups in total. The number of benzene rings is 1. The largest absolute Gasteiger partial charge is 0.474 e. The molecule has 1 aliphatic carbocycles. The number of fused-ring (bicyclic) bond motifs is 2. The van der Waals surface area contributed by atoms with E-state index in [9.17, 15) is 5.26 Å². The van der Waals surface area contributed by atoms with Crippen LogP contribution in [0.4, 0.5) is 5.82 Å². The lowest BCUT2D eigenvalue weighted by Crippen LogP contribution is -2.39. The van der Waals surface area contributed by atoms with Crippen LogP contribution in [-0.2, 0) is 6.54 Å². The fourth-order valence-corrected chi connectivity index (χ4v) is 4.66. The van der Waals surface area contributed by atoms with Crippen molar-refractivity contribution in [1.82, 2.24) is 29.6 Å². The van der Waals surface area contributed by atoms with Crippen LogP contribution in [0.25, 0.3) is 33.2 Å². The number of aromatic nitrogens is 5. The van der Waals surface area contributed by atoms with Gasteiger partial charge in [-0.05, 0) is 64.0 Å². The second kappa shape index (κ2) is 7.92. The van der Waals surface area contributed by atoms with Crippen molar-refractivity contribution >= 4 is 27.8 Å². The van der Waals surface area contributed by atoms with E-state index in [1.165, 1.54) is 6.33 Å². The van der Waals surface area contributed by atoms with E-state index < -0.39 is 5.41 Å². The highest BCUT2D eigenvalue weighted by Crippen LogP contribution is 2.36. The Bertz CT molecular complexity index is 1430. The second-order valence-corrected chi connectivity index (χ2v) is 9.53. The molecule has 4 heterocycles. The van der Waals surface area contributed by atoms with Crippen molar-refractivity contribution in [3.63, 3.8) is 0 Å². The van der Waals surface area contributed by atoms with Crippen molar-refractivity contribution in [2.75, 3.05) is 25.9 Å². The van der Waals surface area contributed by atoms with Gasteiger partial charge in [-0.15, -0.1) is 0 Å². The fourth-order valence-electron chi connectivity index (χ4n) is 4.66. The molecule has 0 amide bonds. The quantitative estimate of drug-likeness (QED) is 0.487. The van der Waals surface area contributed by atoms with E-state index in [2.05, 4.69) is 39.0 Å². The van der Waals surface area contributed by atoms with Gasteiger partial charge in [0.1, 0.15) is 23.9 Å². The van der Waals surface area contributed by atoms with E-state index in [4.69, 9.17) is 15.6 Å².